The van der Waals surface area contributed by atoms with E-state index in [1.807, 2.05) is 31.2 Å². The van der Waals surface area contributed by atoms with Crippen LogP contribution >= 0.6 is 0 Å². The lowest BCUT2D eigenvalue weighted by molar-refractivity contribution is -0.120. The van der Waals surface area contributed by atoms with Gasteiger partial charge in [-0.2, -0.15) is 0 Å². The van der Waals surface area contributed by atoms with Gasteiger partial charge in [0.05, 0.1) is 13.7 Å². The Kier molecular flexibility index (Phi) is 6.11. The minimum atomic E-state index is -0.266. The van der Waals surface area contributed by atoms with E-state index in [0.29, 0.717) is 6.54 Å². The highest BCUT2D eigenvalue weighted by atomic mass is 19.1. The van der Waals surface area contributed by atoms with Crippen LogP contribution in [0.1, 0.15) is 24.1 Å². The minimum Gasteiger partial charge on any atom is -0.497 e. The van der Waals surface area contributed by atoms with Crippen LogP contribution in [0.4, 0.5) is 4.39 Å². The summed E-state index contributed by atoms with van der Waals surface area (Å²) in [7, 11) is 1.62. The van der Waals surface area contributed by atoms with Crippen molar-refractivity contribution >= 4 is 5.91 Å². The summed E-state index contributed by atoms with van der Waals surface area (Å²) in [5, 5.41) is 5.97. The van der Waals surface area contributed by atoms with Crippen LogP contribution in [-0.4, -0.2) is 19.6 Å². The molecule has 0 spiro atoms. The van der Waals surface area contributed by atoms with Gasteiger partial charge >= 0.3 is 0 Å². The van der Waals surface area contributed by atoms with Crippen LogP contribution < -0.4 is 15.4 Å². The van der Waals surface area contributed by atoms with E-state index in [0.717, 1.165) is 16.9 Å². The molecule has 0 saturated carbocycles. The van der Waals surface area contributed by atoms with Crippen molar-refractivity contribution in [2.75, 3.05) is 13.7 Å². The molecule has 0 radical (unpaired) electrons. The van der Waals surface area contributed by atoms with Crippen LogP contribution in [0, 0.1) is 5.82 Å². The maximum Gasteiger partial charge on any atom is 0.234 e. The Morgan fingerprint density at radius 2 is 1.78 bits per heavy atom. The minimum absolute atomic E-state index is 0.0256. The third kappa shape index (κ3) is 5.38. The van der Waals surface area contributed by atoms with E-state index in [4.69, 9.17) is 4.74 Å². The lowest BCUT2D eigenvalue weighted by atomic mass is 10.1. The zero-order valence-corrected chi connectivity index (χ0v) is 13.3. The van der Waals surface area contributed by atoms with Gasteiger partial charge in [0.25, 0.3) is 0 Å². The van der Waals surface area contributed by atoms with E-state index in [-0.39, 0.29) is 24.3 Å². The number of carbonyl (C=O) groups excluding carboxylic acids is 1. The fourth-order valence-corrected chi connectivity index (χ4v) is 2.12. The normalized spacial score (nSPS) is 11.8. The Morgan fingerprint density at radius 1 is 1.13 bits per heavy atom. The first-order valence-corrected chi connectivity index (χ1v) is 7.47. The van der Waals surface area contributed by atoms with Gasteiger partial charge in [0.1, 0.15) is 11.6 Å². The van der Waals surface area contributed by atoms with Crippen molar-refractivity contribution in [3.63, 3.8) is 0 Å². The zero-order chi connectivity index (χ0) is 16.7. The van der Waals surface area contributed by atoms with Gasteiger partial charge in [-0.3, -0.25) is 4.79 Å². The summed E-state index contributed by atoms with van der Waals surface area (Å²) in [4.78, 5) is 11.9. The number of nitrogens with one attached hydrogen (secondary N) is 2. The van der Waals surface area contributed by atoms with Crippen molar-refractivity contribution in [2.45, 2.75) is 19.5 Å². The molecule has 2 rings (SSSR count). The molecule has 2 aromatic carbocycles. The van der Waals surface area contributed by atoms with E-state index in [2.05, 4.69) is 10.6 Å². The highest BCUT2D eigenvalue weighted by molar-refractivity contribution is 5.78. The molecular weight excluding hydrogens is 295 g/mol. The number of hydrogen-bond donors (Lipinski definition) is 2. The van der Waals surface area contributed by atoms with Gasteiger partial charge < -0.3 is 15.4 Å². The molecular formula is C18H21FN2O2. The van der Waals surface area contributed by atoms with Gasteiger partial charge in [-0.15, -0.1) is 0 Å². The molecule has 0 heterocycles. The Hall–Kier alpha value is -2.40. The molecule has 0 unspecified atom stereocenters. The summed E-state index contributed by atoms with van der Waals surface area (Å²) >= 11 is 0. The number of carbonyl (C=O) groups is 1. The summed E-state index contributed by atoms with van der Waals surface area (Å²) in [5.41, 5.74) is 1.94. The number of rotatable bonds is 7. The number of amides is 1. The average molecular weight is 316 g/mol. The molecule has 4 nitrogen and oxygen atoms in total. The fraction of sp³-hybridized carbons (Fsp3) is 0.278. The Balaban J connectivity index is 1.74. The van der Waals surface area contributed by atoms with Crippen LogP contribution in [0.3, 0.4) is 0 Å². The van der Waals surface area contributed by atoms with Gasteiger partial charge in [0, 0.05) is 12.6 Å². The molecule has 0 bridgehead atoms. The predicted molar refractivity (Wildman–Crippen MR) is 87.7 cm³/mol. The lowest BCUT2D eigenvalue weighted by Crippen LogP contribution is -2.34. The van der Waals surface area contributed by atoms with Crippen LogP contribution in [-0.2, 0) is 11.3 Å². The van der Waals surface area contributed by atoms with Gasteiger partial charge in [0.15, 0.2) is 0 Å². The second-order valence-electron chi connectivity index (χ2n) is 5.28. The molecule has 1 amide bonds. The molecule has 0 saturated heterocycles. The largest absolute Gasteiger partial charge is 0.497 e. The number of halogens is 1. The highest BCUT2D eigenvalue weighted by Gasteiger charge is 2.07. The molecule has 5 heteroatoms. The summed E-state index contributed by atoms with van der Waals surface area (Å²) in [6, 6.07) is 13.8. The van der Waals surface area contributed by atoms with Crippen LogP contribution in [0.25, 0.3) is 0 Å². The molecule has 1 atom stereocenters. The highest BCUT2D eigenvalue weighted by Crippen LogP contribution is 2.12. The van der Waals surface area contributed by atoms with Crippen LogP contribution in [0.15, 0.2) is 48.5 Å². The van der Waals surface area contributed by atoms with Gasteiger partial charge in [-0.1, -0.05) is 24.3 Å². The second kappa shape index (κ2) is 8.29. The van der Waals surface area contributed by atoms with Gasteiger partial charge in [-0.25, -0.2) is 4.39 Å². The molecule has 0 fully saturated rings. The topological polar surface area (TPSA) is 50.4 Å². The number of hydrogen-bond acceptors (Lipinski definition) is 3. The molecule has 0 aromatic heterocycles. The van der Waals surface area contributed by atoms with Crippen molar-refractivity contribution in [3.05, 3.63) is 65.5 Å². The SMILES string of the molecule is COc1ccc(CNC(=O)CN[C@H](C)c2ccc(F)cc2)cc1. The van der Waals surface area contributed by atoms with Gasteiger partial charge in [0.2, 0.25) is 5.91 Å². The fourth-order valence-electron chi connectivity index (χ4n) is 2.12. The van der Waals surface area contributed by atoms with Crippen LogP contribution in [0.2, 0.25) is 0 Å². The predicted octanol–water partition coefficient (Wildman–Crippen LogP) is 2.80. The Bertz CT molecular complexity index is 626. The average Bonchev–Trinajstić information content (AvgIpc) is 2.59. The number of benzene rings is 2. The first-order chi connectivity index (χ1) is 11.1. The summed E-state index contributed by atoms with van der Waals surface area (Å²) < 4.78 is 18.0. The maximum atomic E-state index is 12.9. The number of ether oxygens (including phenoxy) is 1. The molecule has 2 N–H and O–H groups in total. The zero-order valence-electron chi connectivity index (χ0n) is 13.3. The second-order valence-corrected chi connectivity index (χ2v) is 5.28. The van der Waals surface area contributed by atoms with E-state index in [1.54, 1.807) is 19.2 Å². The van der Waals surface area contributed by atoms with Crippen molar-refractivity contribution in [2.24, 2.45) is 0 Å². The van der Waals surface area contributed by atoms with Crippen molar-refractivity contribution < 1.29 is 13.9 Å². The smallest absolute Gasteiger partial charge is 0.234 e. The monoisotopic (exact) mass is 316 g/mol. The summed E-state index contributed by atoms with van der Waals surface area (Å²) in [6.45, 7) is 2.61. The lowest BCUT2D eigenvalue weighted by Gasteiger charge is -2.14. The van der Waals surface area contributed by atoms with Gasteiger partial charge in [-0.05, 0) is 42.3 Å². The third-order valence-electron chi connectivity index (χ3n) is 3.59. The molecule has 23 heavy (non-hydrogen) atoms. The summed E-state index contributed by atoms with van der Waals surface area (Å²) in [5.74, 6) is 0.433. The van der Waals surface area contributed by atoms with E-state index in [9.17, 15) is 9.18 Å². The Labute approximate surface area is 135 Å². The number of methoxy groups -OCH3 is 1. The Morgan fingerprint density at radius 3 is 2.39 bits per heavy atom. The van der Waals surface area contributed by atoms with Crippen molar-refractivity contribution in [3.8, 4) is 5.75 Å². The first kappa shape index (κ1) is 17.0. The standard InChI is InChI=1S/C18H21FN2O2/c1-13(15-5-7-16(19)8-6-15)20-12-18(22)21-11-14-3-9-17(23-2)10-4-14/h3-10,13,20H,11-12H2,1-2H3,(H,21,22)/t13-/m1/s1. The molecule has 0 aliphatic heterocycles. The van der Waals surface area contributed by atoms with E-state index in [1.165, 1.54) is 12.1 Å². The third-order valence-corrected chi connectivity index (χ3v) is 3.59. The molecule has 2 aromatic rings. The quantitative estimate of drug-likeness (QED) is 0.826. The van der Waals surface area contributed by atoms with Crippen molar-refractivity contribution in [1.82, 2.24) is 10.6 Å². The maximum absolute atomic E-state index is 12.9. The van der Waals surface area contributed by atoms with Crippen molar-refractivity contribution in [1.29, 1.82) is 0 Å². The first-order valence-electron chi connectivity index (χ1n) is 7.47. The van der Waals surface area contributed by atoms with E-state index < -0.39 is 0 Å². The van der Waals surface area contributed by atoms with Crippen LogP contribution in [0.5, 0.6) is 5.75 Å². The summed E-state index contributed by atoms with van der Waals surface area (Å²) in [6.07, 6.45) is 0. The molecule has 0 aliphatic rings. The molecule has 0 aliphatic carbocycles. The molecule has 122 valence electrons. The van der Waals surface area contributed by atoms with E-state index >= 15 is 0 Å².